The van der Waals surface area contributed by atoms with E-state index < -0.39 is 25.0 Å². The van der Waals surface area contributed by atoms with Crippen LogP contribution in [0.3, 0.4) is 0 Å². The molecule has 2 N–H and O–H groups in total. The first kappa shape index (κ1) is 16.9. The molecule has 0 spiro atoms. The van der Waals surface area contributed by atoms with Crippen molar-refractivity contribution in [3.05, 3.63) is 11.5 Å². The molecule has 0 rings (SSSR count). The number of carbonyl (C=O) groups is 2. The Balaban J connectivity index is -0.000000107. The molecule has 0 atom stereocenters. The number of hydrogen-bond acceptors (Lipinski definition) is 4. The van der Waals surface area contributed by atoms with E-state index in [4.69, 9.17) is 31.3 Å². The van der Waals surface area contributed by atoms with Crippen molar-refractivity contribution in [1.29, 1.82) is 0 Å². The summed E-state index contributed by atoms with van der Waals surface area (Å²) in [5.74, 6) is -2.66. The SMILES string of the molecule is [NH-]CC(=O)[O-].[NH-]CC(=O)[O-].[Pt+4]. The van der Waals surface area contributed by atoms with Crippen molar-refractivity contribution >= 4 is 11.9 Å². The first-order valence-corrected chi connectivity index (χ1v) is 2.23. The van der Waals surface area contributed by atoms with Crippen LogP contribution < -0.4 is 10.2 Å². The number of rotatable bonds is 2. The Kier molecular flexibility index (Phi) is 18.8. The van der Waals surface area contributed by atoms with Crippen LogP contribution in [0.1, 0.15) is 0 Å². The average molecular weight is 341 g/mol. The normalized spacial score (nSPS) is 6.73. The quantitative estimate of drug-likeness (QED) is 0.553. The van der Waals surface area contributed by atoms with Gasteiger partial charge in [0.25, 0.3) is 0 Å². The molecular weight excluding hydrogens is 335 g/mol. The number of carboxylic acid groups (broad SMARTS) is 2. The summed E-state index contributed by atoms with van der Waals surface area (Å²) >= 11 is 0. The zero-order valence-corrected chi connectivity index (χ0v) is 7.64. The molecule has 0 aromatic rings. The number of aliphatic carboxylic acids is 2. The van der Waals surface area contributed by atoms with E-state index in [1.54, 1.807) is 0 Å². The molecule has 0 bridgehead atoms. The van der Waals surface area contributed by atoms with Crippen LogP contribution in [0.4, 0.5) is 0 Å². The molecule has 7 heteroatoms. The van der Waals surface area contributed by atoms with Crippen LogP contribution in [0.15, 0.2) is 0 Å². The number of nitrogens with one attached hydrogen (secondary N) is 2. The van der Waals surface area contributed by atoms with Crippen molar-refractivity contribution in [2.45, 2.75) is 0 Å². The Bertz CT molecular complexity index is 105. The van der Waals surface area contributed by atoms with E-state index >= 15 is 0 Å². The fourth-order valence-electron chi connectivity index (χ4n) is 0. The molecular formula is C4H6N2O4Pt. The van der Waals surface area contributed by atoms with E-state index in [0.29, 0.717) is 0 Å². The summed E-state index contributed by atoms with van der Waals surface area (Å²) in [6.07, 6.45) is 0. The summed E-state index contributed by atoms with van der Waals surface area (Å²) in [6, 6.07) is 0. The molecule has 0 unspecified atom stereocenters. The molecule has 0 fully saturated rings. The number of carboxylic acids is 2. The largest absolute Gasteiger partial charge is 4.00 e. The van der Waals surface area contributed by atoms with E-state index in [1.807, 2.05) is 0 Å². The Morgan fingerprint density at radius 1 is 1.00 bits per heavy atom. The second-order valence-electron chi connectivity index (χ2n) is 1.10. The van der Waals surface area contributed by atoms with Crippen LogP contribution >= 0.6 is 0 Å². The summed E-state index contributed by atoms with van der Waals surface area (Å²) in [6.45, 7) is -1.28. The van der Waals surface area contributed by atoms with Gasteiger partial charge in [-0.2, -0.15) is 0 Å². The van der Waals surface area contributed by atoms with Gasteiger partial charge in [0.2, 0.25) is 0 Å². The third-order valence-electron chi connectivity index (χ3n) is 0.289. The number of hydrogen-bond donors (Lipinski definition) is 0. The van der Waals surface area contributed by atoms with Crippen molar-refractivity contribution in [2.24, 2.45) is 0 Å². The minimum absolute atomic E-state index is 0. The topological polar surface area (TPSA) is 128 Å². The van der Waals surface area contributed by atoms with Crippen molar-refractivity contribution < 1.29 is 40.9 Å². The van der Waals surface area contributed by atoms with Gasteiger partial charge in [0.15, 0.2) is 0 Å². The zero-order chi connectivity index (χ0) is 8.57. The maximum atomic E-state index is 9.07. The minimum atomic E-state index is -1.33. The van der Waals surface area contributed by atoms with Crippen molar-refractivity contribution in [1.82, 2.24) is 0 Å². The summed E-state index contributed by atoms with van der Waals surface area (Å²) < 4.78 is 0. The smallest absolute Gasteiger partial charge is 0.673 e. The standard InChI is InChI=1S/2C2H4NO2.Pt/c2*3-1-2(4)5;/h2*3H,1H2,(H,4,5);/q2*-1;+4/p-2. The maximum absolute atomic E-state index is 9.07. The van der Waals surface area contributed by atoms with E-state index in [1.165, 1.54) is 0 Å². The minimum Gasteiger partial charge on any atom is -0.673 e. The molecule has 0 saturated carbocycles. The van der Waals surface area contributed by atoms with Crippen molar-refractivity contribution in [3.63, 3.8) is 0 Å². The second kappa shape index (κ2) is 12.2. The van der Waals surface area contributed by atoms with Crippen LogP contribution in [0.5, 0.6) is 0 Å². The van der Waals surface area contributed by atoms with Gasteiger partial charge >= 0.3 is 21.1 Å². The molecule has 0 saturated heterocycles. The Labute approximate surface area is 77.8 Å². The first-order chi connectivity index (χ1) is 4.54. The van der Waals surface area contributed by atoms with Gasteiger partial charge in [-0.25, -0.2) is 0 Å². The predicted molar refractivity (Wildman–Crippen MR) is 28.4 cm³/mol. The van der Waals surface area contributed by atoms with Gasteiger partial charge in [0.05, 0.1) is 0 Å². The van der Waals surface area contributed by atoms with Crippen molar-refractivity contribution in [3.8, 4) is 0 Å². The van der Waals surface area contributed by atoms with E-state index in [-0.39, 0.29) is 21.1 Å². The Hall–Kier alpha value is -0.452. The fourth-order valence-corrected chi connectivity index (χ4v) is 0. The van der Waals surface area contributed by atoms with Gasteiger partial charge < -0.3 is 31.3 Å². The molecule has 0 aromatic carbocycles. The third kappa shape index (κ3) is 43.2. The average Bonchev–Trinajstić information content (AvgIpc) is 1.89. The molecule has 66 valence electrons. The van der Waals surface area contributed by atoms with E-state index in [2.05, 4.69) is 0 Å². The van der Waals surface area contributed by atoms with Crippen molar-refractivity contribution in [2.75, 3.05) is 13.1 Å². The van der Waals surface area contributed by atoms with Gasteiger partial charge in [-0.15, -0.1) is 13.1 Å². The summed E-state index contributed by atoms with van der Waals surface area (Å²) in [5.41, 5.74) is 12.0. The Morgan fingerprint density at radius 2 is 1.09 bits per heavy atom. The molecule has 11 heavy (non-hydrogen) atoms. The first-order valence-electron chi connectivity index (χ1n) is 2.23. The van der Waals surface area contributed by atoms with E-state index in [9.17, 15) is 0 Å². The summed E-state index contributed by atoms with van der Waals surface area (Å²) in [5, 5.41) is 18.1. The molecule has 6 nitrogen and oxygen atoms in total. The molecule has 0 aliphatic rings. The zero-order valence-electron chi connectivity index (χ0n) is 5.36. The summed E-state index contributed by atoms with van der Waals surface area (Å²) in [7, 11) is 0. The number of carbonyl (C=O) groups excluding carboxylic acids is 2. The molecule has 0 heterocycles. The molecule has 0 radical (unpaired) electrons. The molecule has 0 aromatic heterocycles. The van der Waals surface area contributed by atoms with Crippen LogP contribution in [0.2, 0.25) is 0 Å². The van der Waals surface area contributed by atoms with E-state index in [0.717, 1.165) is 0 Å². The Morgan fingerprint density at radius 3 is 1.09 bits per heavy atom. The van der Waals surface area contributed by atoms with Gasteiger partial charge in [0.1, 0.15) is 0 Å². The predicted octanol–water partition coefficient (Wildman–Crippen LogP) is -2.43. The van der Waals surface area contributed by atoms with Gasteiger partial charge in [-0.05, 0) is 0 Å². The molecule has 0 amide bonds. The maximum Gasteiger partial charge on any atom is 4.00 e. The van der Waals surface area contributed by atoms with Gasteiger partial charge in [0, 0.05) is 11.9 Å². The van der Waals surface area contributed by atoms with Gasteiger partial charge in [-0.3, -0.25) is 0 Å². The second-order valence-corrected chi connectivity index (χ2v) is 1.10. The third-order valence-corrected chi connectivity index (χ3v) is 0.289. The molecule has 0 aliphatic heterocycles. The van der Waals surface area contributed by atoms with Crippen LogP contribution in [-0.4, -0.2) is 25.0 Å². The van der Waals surface area contributed by atoms with Gasteiger partial charge in [-0.1, -0.05) is 0 Å². The monoisotopic (exact) mass is 341 g/mol. The molecule has 0 aliphatic carbocycles. The fraction of sp³-hybridized carbons (Fsp3) is 0.500. The van der Waals surface area contributed by atoms with Crippen LogP contribution in [0, 0.1) is 0 Å². The van der Waals surface area contributed by atoms with Crippen LogP contribution in [0.25, 0.3) is 11.5 Å². The summed E-state index contributed by atoms with van der Waals surface area (Å²) in [4.78, 5) is 18.1. The van der Waals surface area contributed by atoms with Crippen LogP contribution in [-0.2, 0) is 30.7 Å².